The second kappa shape index (κ2) is 6.11. The fourth-order valence-electron chi connectivity index (χ4n) is 2.45. The molecule has 1 aliphatic heterocycles. The summed E-state index contributed by atoms with van der Waals surface area (Å²) in [6.45, 7) is 5.44. The minimum Gasteiger partial charge on any atom is -0.468 e. The maximum Gasteiger partial charge on any atom is 0.323 e. The number of piperidine rings is 1. The molecule has 1 unspecified atom stereocenters. The molecule has 0 aliphatic carbocycles. The number of likely N-dealkylation sites (tertiary alicyclic amines) is 1. The van der Waals surface area contributed by atoms with Gasteiger partial charge in [-0.25, -0.2) is 0 Å². The first-order valence-electron chi connectivity index (χ1n) is 6.04. The lowest BCUT2D eigenvalue weighted by Gasteiger charge is -2.38. The standard InChI is InChI=1S/C12H23NO2/c1-4-7-10(2)13-9-6-5-8-11(13)12(14)15-3/h10-11H,4-9H2,1-3H3/t10?,11-/m1/s1. The van der Waals surface area contributed by atoms with Crippen molar-refractivity contribution in [1.29, 1.82) is 0 Å². The average molecular weight is 213 g/mol. The number of nitrogens with zero attached hydrogens (tertiary/aromatic N) is 1. The zero-order chi connectivity index (χ0) is 11.3. The van der Waals surface area contributed by atoms with Crippen LogP contribution in [0, 0.1) is 0 Å². The van der Waals surface area contributed by atoms with E-state index in [1.54, 1.807) is 0 Å². The first-order valence-corrected chi connectivity index (χ1v) is 6.04. The maximum absolute atomic E-state index is 11.6. The zero-order valence-corrected chi connectivity index (χ0v) is 10.2. The molecule has 1 saturated heterocycles. The summed E-state index contributed by atoms with van der Waals surface area (Å²) >= 11 is 0. The Kier molecular flexibility index (Phi) is 5.09. The van der Waals surface area contributed by atoms with E-state index in [1.165, 1.54) is 20.0 Å². The van der Waals surface area contributed by atoms with Gasteiger partial charge < -0.3 is 4.74 Å². The van der Waals surface area contributed by atoms with Crippen LogP contribution in [0.4, 0.5) is 0 Å². The van der Waals surface area contributed by atoms with Crippen LogP contribution in [0.15, 0.2) is 0 Å². The maximum atomic E-state index is 11.6. The van der Waals surface area contributed by atoms with Crippen molar-refractivity contribution in [2.24, 2.45) is 0 Å². The molecule has 0 aromatic rings. The highest BCUT2D eigenvalue weighted by Crippen LogP contribution is 2.22. The summed E-state index contributed by atoms with van der Waals surface area (Å²) in [6.07, 6.45) is 5.65. The van der Waals surface area contributed by atoms with Crippen molar-refractivity contribution >= 4 is 5.97 Å². The lowest BCUT2D eigenvalue weighted by Crippen LogP contribution is -2.49. The molecule has 1 fully saturated rings. The van der Waals surface area contributed by atoms with Crippen LogP contribution in [0.3, 0.4) is 0 Å². The number of ether oxygens (including phenoxy) is 1. The SMILES string of the molecule is CCCC(C)N1CCCC[C@@H]1C(=O)OC. The van der Waals surface area contributed by atoms with Crippen LogP contribution in [0.25, 0.3) is 0 Å². The fourth-order valence-corrected chi connectivity index (χ4v) is 2.45. The predicted molar refractivity (Wildman–Crippen MR) is 60.7 cm³/mol. The van der Waals surface area contributed by atoms with Crippen molar-refractivity contribution in [3.63, 3.8) is 0 Å². The minimum atomic E-state index is -0.0577. The van der Waals surface area contributed by atoms with Crippen molar-refractivity contribution in [1.82, 2.24) is 4.90 Å². The minimum absolute atomic E-state index is 0.00491. The van der Waals surface area contributed by atoms with Crippen molar-refractivity contribution < 1.29 is 9.53 Å². The van der Waals surface area contributed by atoms with Crippen LogP contribution < -0.4 is 0 Å². The highest BCUT2D eigenvalue weighted by atomic mass is 16.5. The molecule has 0 saturated carbocycles. The van der Waals surface area contributed by atoms with Crippen molar-refractivity contribution in [2.75, 3.05) is 13.7 Å². The number of methoxy groups -OCH3 is 1. The molecule has 0 amide bonds. The largest absolute Gasteiger partial charge is 0.468 e. The van der Waals surface area contributed by atoms with Crippen LogP contribution in [-0.2, 0) is 9.53 Å². The topological polar surface area (TPSA) is 29.5 Å². The van der Waals surface area contributed by atoms with E-state index < -0.39 is 0 Å². The van der Waals surface area contributed by atoms with E-state index in [0.29, 0.717) is 6.04 Å². The average Bonchev–Trinajstić information content (AvgIpc) is 2.28. The van der Waals surface area contributed by atoms with E-state index in [9.17, 15) is 4.79 Å². The molecule has 0 spiro atoms. The molecule has 2 atom stereocenters. The second-order valence-electron chi connectivity index (χ2n) is 4.41. The van der Waals surface area contributed by atoms with Gasteiger partial charge in [-0.1, -0.05) is 19.8 Å². The molecule has 1 rings (SSSR count). The molecule has 0 aromatic heterocycles. The van der Waals surface area contributed by atoms with E-state index in [2.05, 4.69) is 18.7 Å². The molecular formula is C12H23NO2. The van der Waals surface area contributed by atoms with E-state index in [4.69, 9.17) is 4.74 Å². The van der Waals surface area contributed by atoms with Gasteiger partial charge in [-0.15, -0.1) is 0 Å². The van der Waals surface area contributed by atoms with Crippen molar-refractivity contribution in [3.8, 4) is 0 Å². The van der Waals surface area contributed by atoms with Gasteiger partial charge in [0.05, 0.1) is 7.11 Å². The first kappa shape index (κ1) is 12.5. The smallest absolute Gasteiger partial charge is 0.323 e. The van der Waals surface area contributed by atoms with Gasteiger partial charge in [0, 0.05) is 6.04 Å². The number of esters is 1. The third-order valence-corrected chi connectivity index (χ3v) is 3.29. The summed E-state index contributed by atoms with van der Waals surface area (Å²) in [5.74, 6) is -0.0577. The Balaban J connectivity index is 2.60. The second-order valence-corrected chi connectivity index (χ2v) is 4.41. The highest BCUT2D eigenvalue weighted by molar-refractivity contribution is 5.75. The van der Waals surface area contributed by atoms with Gasteiger partial charge in [0.2, 0.25) is 0 Å². The molecule has 0 radical (unpaired) electrons. The number of carbonyl (C=O) groups is 1. The van der Waals surface area contributed by atoms with Crippen LogP contribution >= 0.6 is 0 Å². The Morgan fingerprint density at radius 1 is 1.53 bits per heavy atom. The Hall–Kier alpha value is -0.570. The lowest BCUT2D eigenvalue weighted by molar-refractivity contribution is -0.149. The third-order valence-electron chi connectivity index (χ3n) is 3.29. The monoisotopic (exact) mass is 213 g/mol. The van der Waals surface area contributed by atoms with Gasteiger partial charge in [0.15, 0.2) is 0 Å². The third kappa shape index (κ3) is 3.20. The molecule has 88 valence electrons. The fraction of sp³-hybridized carbons (Fsp3) is 0.917. The van der Waals surface area contributed by atoms with E-state index >= 15 is 0 Å². The Morgan fingerprint density at radius 3 is 2.87 bits per heavy atom. The van der Waals surface area contributed by atoms with Gasteiger partial charge in [0.1, 0.15) is 6.04 Å². The molecule has 1 aliphatic rings. The Morgan fingerprint density at radius 2 is 2.27 bits per heavy atom. The summed E-state index contributed by atoms with van der Waals surface area (Å²) in [4.78, 5) is 13.9. The number of carbonyl (C=O) groups excluding carboxylic acids is 1. The highest BCUT2D eigenvalue weighted by Gasteiger charge is 2.31. The molecule has 15 heavy (non-hydrogen) atoms. The molecular weight excluding hydrogens is 190 g/mol. The summed E-state index contributed by atoms with van der Waals surface area (Å²) in [6, 6.07) is 0.504. The van der Waals surface area contributed by atoms with Crippen LogP contribution in [-0.4, -0.2) is 36.6 Å². The molecule has 1 heterocycles. The molecule has 3 nitrogen and oxygen atoms in total. The lowest BCUT2D eigenvalue weighted by atomic mass is 9.98. The first-order chi connectivity index (χ1) is 7.20. The van der Waals surface area contributed by atoms with Crippen LogP contribution in [0.1, 0.15) is 46.0 Å². The summed E-state index contributed by atoms with van der Waals surface area (Å²) in [5, 5.41) is 0. The van der Waals surface area contributed by atoms with E-state index in [1.807, 2.05) is 0 Å². The molecule has 0 aromatic carbocycles. The summed E-state index contributed by atoms with van der Waals surface area (Å²) < 4.78 is 4.87. The Labute approximate surface area is 92.8 Å². The molecule has 0 bridgehead atoms. The van der Waals surface area contributed by atoms with Crippen LogP contribution in [0.5, 0.6) is 0 Å². The Bertz CT molecular complexity index is 206. The molecule has 3 heteroatoms. The normalized spacial score (nSPS) is 24.9. The quantitative estimate of drug-likeness (QED) is 0.670. The van der Waals surface area contributed by atoms with Crippen LogP contribution in [0.2, 0.25) is 0 Å². The predicted octanol–water partition coefficient (Wildman–Crippen LogP) is 2.20. The number of hydrogen-bond donors (Lipinski definition) is 0. The molecule has 0 N–H and O–H groups in total. The van der Waals surface area contributed by atoms with Crippen molar-refractivity contribution in [2.45, 2.75) is 58.0 Å². The summed E-state index contributed by atoms with van der Waals surface area (Å²) in [5.41, 5.74) is 0. The summed E-state index contributed by atoms with van der Waals surface area (Å²) in [7, 11) is 1.49. The van der Waals surface area contributed by atoms with Gasteiger partial charge >= 0.3 is 5.97 Å². The number of hydrogen-bond acceptors (Lipinski definition) is 3. The van der Waals surface area contributed by atoms with E-state index in [0.717, 1.165) is 25.8 Å². The van der Waals surface area contributed by atoms with Gasteiger partial charge in [-0.3, -0.25) is 9.69 Å². The zero-order valence-electron chi connectivity index (χ0n) is 10.2. The van der Waals surface area contributed by atoms with Gasteiger partial charge in [0.25, 0.3) is 0 Å². The van der Waals surface area contributed by atoms with Crippen molar-refractivity contribution in [3.05, 3.63) is 0 Å². The van der Waals surface area contributed by atoms with Gasteiger partial charge in [-0.05, 0) is 32.7 Å². The van der Waals surface area contributed by atoms with Gasteiger partial charge in [-0.2, -0.15) is 0 Å². The van der Waals surface area contributed by atoms with E-state index in [-0.39, 0.29) is 12.0 Å². The number of rotatable bonds is 4.